The number of nitrogens with zero attached hydrogens (tertiary/aromatic N) is 1. The van der Waals surface area contributed by atoms with Gasteiger partial charge in [0.05, 0.1) is 5.34 Å². The van der Waals surface area contributed by atoms with Crippen molar-refractivity contribution < 1.29 is 30.9 Å². The van der Waals surface area contributed by atoms with Crippen LogP contribution in [-0.2, 0) is 0 Å². The van der Waals surface area contributed by atoms with Crippen LogP contribution in [-0.4, -0.2) is 24.0 Å². The zero-order chi connectivity index (χ0) is 9.28. The molecule has 0 saturated carbocycles. The average Bonchev–Trinajstić information content (AvgIpc) is 1.83. The lowest BCUT2D eigenvalue weighted by atomic mass is 10.3. The van der Waals surface area contributed by atoms with Crippen LogP contribution in [0, 0.1) is 0 Å². The summed E-state index contributed by atoms with van der Waals surface area (Å²) in [5, 5.41) is -2.84. The third-order valence-electron chi connectivity index (χ3n) is 0.879. The zero-order valence-electron chi connectivity index (χ0n) is 4.80. The van der Waals surface area contributed by atoms with Gasteiger partial charge in [0.25, 0.3) is 0 Å². The molecule has 68 valence electrons. The van der Waals surface area contributed by atoms with E-state index >= 15 is 0 Å². The second-order valence-electron chi connectivity index (χ2n) is 1.62. The monoisotopic (exact) mass is 185 g/mol. The summed E-state index contributed by atoms with van der Waals surface area (Å²) in [5.41, 5.74) is 0. The highest BCUT2D eigenvalue weighted by Crippen LogP contribution is 2.37. The second kappa shape index (κ2) is 2.84. The molecule has 8 heteroatoms. The van der Waals surface area contributed by atoms with Gasteiger partial charge in [0.1, 0.15) is 0 Å². The van der Waals surface area contributed by atoms with Crippen LogP contribution in [0.2, 0.25) is 0 Å². The van der Waals surface area contributed by atoms with Gasteiger partial charge in [-0.1, -0.05) is 8.96 Å². The van der Waals surface area contributed by atoms with Gasteiger partial charge in [-0.25, -0.2) is 8.78 Å². The molecule has 0 fully saturated rings. The van der Waals surface area contributed by atoms with E-state index in [1.54, 1.807) is 0 Å². The molecule has 11 heavy (non-hydrogen) atoms. The summed E-state index contributed by atoms with van der Waals surface area (Å²) in [4.78, 5) is 0. The molecule has 0 saturated heterocycles. The van der Waals surface area contributed by atoms with Gasteiger partial charge in [-0.3, -0.25) is 0 Å². The molecule has 0 N–H and O–H groups in total. The van der Waals surface area contributed by atoms with Gasteiger partial charge in [-0.15, -0.1) is 0 Å². The molecule has 0 radical (unpaired) electrons. The van der Waals surface area contributed by atoms with Gasteiger partial charge in [0.15, 0.2) is 6.67 Å². The fourth-order valence-electron chi connectivity index (χ4n) is 0.217. The van der Waals surface area contributed by atoms with E-state index in [0.717, 1.165) is 0 Å². The van der Waals surface area contributed by atoms with Gasteiger partial charge < -0.3 is 0 Å². The normalized spacial score (nSPS) is 18.5. The van der Waals surface area contributed by atoms with E-state index in [1.165, 1.54) is 0 Å². The first-order valence-corrected chi connectivity index (χ1v) is 2.19. The van der Waals surface area contributed by atoms with Crippen LogP contribution < -0.4 is 0 Å². The quantitative estimate of drug-likeness (QED) is 0.362. The third-order valence-corrected chi connectivity index (χ3v) is 0.879. The first kappa shape index (κ1) is 10.5. The lowest BCUT2D eigenvalue weighted by molar-refractivity contribution is -0.382. The summed E-state index contributed by atoms with van der Waals surface area (Å²) in [6.45, 7) is -2.84. The van der Waals surface area contributed by atoms with Crippen molar-refractivity contribution in [3.05, 3.63) is 0 Å². The van der Waals surface area contributed by atoms with Crippen molar-refractivity contribution in [1.29, 1.82) is 0 Å². The van der Waals surface area contributed by atoms with E-state index in [0.29, 0.717) is 0 Å². The fourth-order valence-corrected chi connectivity index (χ4v) is 0.217. The zero-order valence-corrected chi connectivity index (χ0v) is 4.80. The van der Waals surface area contributed by atoms with E-state index in [-0.39, 0.29) is 0 Å². The van der Waals surface area contributed by atoms with Gasteiger partial charge in [0.2, 0.25) is 0 Å². The van der Waals surface area contributed by atoms with Crippen LogP contribution >= 0.6 is 0 Å². The average molecular weight is 185 g/mol. The molecule has 0 aromatic carbocycles. The van der Waals surface area contributed by atoms with E-state index in [1.807, 2.05) is 0 Å². The Kier molecular flexibility index (Phi) is 2.70. The van der Waals surface area contributed by atoms with Crippen molar-refractivity contribution in [2.75, 3.05) is 6.67 Å². The van der Waals surface area contributed by atoms with Crippen molar-refractivity contribution in [2.24, 2.45) is 0 Å². The molecule has 0 spiro atoms. The molecule has 1 nitrogen and oxygen atoms in total. The van der Waals surface area contributed by atoms with Crippen LogP contribution in [0.25, 0.3) is 0 Å². The molecule has 0 bridgehead atoms. The summed E-state index contributed by atoms with van der Waals surface area (Å²) < 4.78 is 78.8. The van der Waals surface area contributed by atoms with Crippen LogP contribution in [0.15, 0.2) is 0 Å². The van der Waals surface area contributed by atoms with Crippen molar-refractivity contribution in [1.82, 2.24) is 5.34 Å². The molecule has 0 aliphatic rings. The molecule has 0 aliphatic heterocycles. The second-order valence-corrected chi connectivity index (χ2v) is 1.62. The van der Waals surface area contributed by atoms with Crippen molar-refractivity contribution >= 4 is 0 Å². The van der Waals surface area contributed by atoms with E-state index < -0.39 is 24.0 Å². The van der Waals surface area contributed by atoms with Crippen LogP contribution in [0.4, 0.5) is 30.9 Å². The summed E-state index contributed by atoms with van der Waals surface area (Å²) in [6, 6.07) is 0. The minimum atomic E-state index is -5.94. The Bertz CT molecular complexity index is 130. The molecule has 1 unspecified atom stereocenters. The maximum Gasteiger partial charge on any atom is 0.444 e. The first-order chi connectivity index (χ1) is 4.75. The maximum atomic E-state index is 11.8. The molecular weight excluding hydrogens is 183 g/mol. The number of hydrogen-bond acceptors (Lipinski definition) is 1. The summed E-state index contributed by atoms with van der Waals surface area (Å²) in [7, 11) is 0. The van der Waals surface area contributed by atoms with E-state index in [9.17, 15) is 30.9 Å². The van der Waals surface area contributed by atoms with Gasteiger partial charge >= 0.3 is 12.0 Å². The minimum Gasteiger partial charge on any atom is -0.245 e. The fraction of sp³-hybridized carbons (Fsp3) is 1.00. The number of rotatable bonds is 2. The highest BCUT2D eigenvalue weighted by molar-refractivity contribution is 4.79. The van der Waals surface area contributed by atoms with Gasteiger partial charge in [-0.05, 0) is 0 Å². The Morgan fingerprint density at radius 2 is 1.36 bits per heavy atom. The molecule has 0 aromatic rings. The Morgan fingerprint density at radius 3 is 1.36 bits per heavy atom. The Morgan fingerprint density at radius 1 is 1.00 bits per heavy atom. The predicted molar refractivity (Wildman–Crippen MR) is 19.9 cm³/mol. The van der Waals surface area contributed by atoms with Gasteiger partial charge in [-0.2, -0.15) is 13.2 Å². The highest BCUT2D eigenvalue weighted by atomic mass is 19.4. The highest BCUT2D eigenvalue weighted by Gasteiger charge is 2.63. The molecule has 0 rings (SSSR count). The molecule has 0 amide bonds. The first-order valence-electron chi connectivity index (χ1n) is 2.19. The smallest absolute Gasteiger partial charge is 0.245 e. The minimum absolute atomic E-state index is 2.84. The Hall–Kier alpha value is -0.530. The number of halogens is 7. The SMILES string of the molecule is FCC(F)(N(F)F)C(F)(F)F. The molecule has 0 aliphatic carbocycles. The summed E-state index contributed by atoms with van der Waals surface area (Å²) in [5.74, 6) is -5.19. The van der Waals surface area contributed by atoms with Crippen LogP contribution in [0.3, 0.4) is 0 Å². The van der Waals surface area contributed by atoms with Crippen LogP contribution in [0.5, 0.6) is 0 Å². The largest absolute Gasteiger partial charge is 0.444 e. The Balaban J connectivity index is 4.61. The van der Waals surface area contributed by atoms with Gasteiger partial charge in [0, 0.05) is 0 Å². The van der Waals surface area contributed by atoms with Crippen molar-refractivity contribution in [2.45, 2.75) is 12.0 Å². The lowest BCUT2D eigenvalue weighted by Crippen LogP contribution is -2.50. The summed E-state index contributed by atoms with van der Waals surface area (Å²) in [6.07, 6.45) is -5.94. The lowest BCUT2D eigenvalue weighted by Gasteiger charge is -2.23. The Labute approximate surface area is 56.3 Å². The summed E-state index contributed by atoms with van der Waals surface area (Å²) >= 11 is 0. The maximum absolute atomic E-state index is 11.8. The molecule has 0 aromatic heterocycles. The van der Waals surface area contributed by atoms with Crippen LogP contribution in [0.1, 0.15) is 0 Å². The third kappa shape index (κ3) is 1.73. The molecule has 0 heterocycles. The number of alkyl halides is 5. The number of hydrogen-bond donors (Lipinski definition) is 0. The topological polar surface area (TPSA) is 3.24 Å². The molecule has 1 atom stereocenters. The predicted octanol–water partition coefficient (Wildman–Crippen LogP) is 2.25. The molecular formula is C3H2F7N. The van der Waals surface area contributed by atoms with E-state index in [4.69, 9.17) is 0 Å². The standard InChI is InChI=1S/C3H2F7N/c4-1-2(5,11(9)10)3(6,7)8/h1H2. The van der Waals surface area contributed by atoms with E-state index in [2.05, 4.69) is 0 Å². The van der Waals surface area contributed by atoms with Crippen molar-refractivity contribution in [3.63, 3.8) is 0 Å². The van der Waals surface area contributed by atoms with Crippen molar-refractivity contribution in [3.8, 4) is 0 Å².